The molecule has 0 saturated carbocycles. The van der Waals surface area contributed by atoms with E-state index >= 15 is 0 Å². The summed E-state index contributed by atoms with van der Waals surface area (Å²) in [7, 11) is 0. The SMILES string of the molecule is N#CC=CCCN1CCOCC1. The largest absolute Gasteiger partial charge is 0.379 e. The molecule has 1 saturated heterocycles. The Morgan fingerprint density at radius 1 is 1.42 bits per heavy atom. The van der Waals surface area contributed by atoms with Crippen LogP contribution < -0.4 is 0 Å². The number of ether oxygens (including phenoxy) is 1. The van der Waals surface area contributed by atoms with Crippen LogP contribution >= 0.6 is 0 Å². The summed E-state index contributed by atoms with van der Waals surface area (Å²) in [4.78, 5) is 2.35. The van der Waals surface area contributed by atoms with E-state index in [9.17, 15) is 0 Å². The molecule has 3 nitrogen and oxygen atoms in total. The van der Waals surface area contributed by atoms with Crippen molar-refractivity contribution in [3.8, 4) is 6.07 Å². The van der Waals surface area contributed by atoms with Crippen molar-refractivity contribution in [1.82, 2.24) is 4.90 Å². The Labute approximate surface area is 73.2 Å². The highest BCUT2D eigenvalue weighted by Gasteiger charge is 2.07. The molecule has 0 spiro atoms. The van der Waals surface area contributed by atoms with Gasteiger partial charge in [0.2, 0.25) is 0 Å². The molecular weight excluding hydrogens is 152 g/mol. The molecule has 0 aliphatic carbocycles. The maximum absolute atomic E-state index is 8.23. The fourth-order valence-electron chi connectivity index (χ4n) is 1.22. The van der Waals surface area contributed by atoms with E-state index in [-0.39, 0.29) is 0 Å². The van der Waals surface area contributed by atoms with Crippen molar-refractivity contribution in [2.75, 3.05) is 32.8 Å². The van der Waals surface area contributed by atoms with Gasteiger partial charge in [0.1, 0.15) is 0 Å². The quantitative estimate of drug-likeness (QED) is 0.581. The van der Waals surface area contributed by atoms with Crippen molar-refractivity contribution < 1.29 is 4.74 Å². The van der Waals surface area contributed by atoms with Gasteiger partial charge in [-0.2, -0.15) is 5.26 Å². The first kappa shape index (κ1) is 9.24. The number of rotatable bonds is 3. The normalized spacial score (nSPS) is 19.6. The molecule has 0 radical (unpaired) electrons. The summed E-state index contributed by atoms with van der Waals surface area (Å²) in [6.07, 6.45) is 4.42. The Bertz CT molecular complexity index is 177. The molecule has 0 amide bonds. The monoisotopic (exact) mass is 166 g/mol. The van der Waals surface area contributed by atoms with E-state index in [1.165, 1.54) is 0 Å². The summed E-state index contributed by atoms with van der Waals surface area (Å²) in [5.74, 6) is 0. The predicted molar refractivity (Wildman–Crippen MR) is 46.6 cm³/mol. The van der Waals surface area contributed by atoms with Gasteiger partial charge in [0.15, 0.2) is 0 Å². The van der Waals surface area contributed by atoms with E-state index < -0.39 is 0 Å². The van der Waals surface area contributed by atoms with Crippen molar-refractivity contribution in [3.63, 3.8) is 0 Å². The predicted octanol–water partition coefficient (Wildman–Crippen LogP) is 0.788. The standard InChI is InChI=1S/C9H14N2O/c10-4-2-1-3-5-11-6-8-12-9-7-11/h1-2H,3,5-9H2. The second-order valence-electron chi connectivity index (χ2n) is 2.77. The lowest BCUT2D eigenvalue weighted by molar-refractivity contribution is 0.0387. The molecule has 1 heterocycles. The van der Waals surface area contributed by atoms with Gasteiger partial charge in [-0.25, -0.2) is 0 Å². The molecule has 0 N–H and O–H groups in total. The van der Waals surface area contributed by atoms with Gasteiger partial charge in [-0.1, -0.05) is 6.08 Å². The highest BCUT2D eigenvalue weighted by molar-refractivity contribution is 5.01. The van der Waals surface area contributed by atoms with E-state index in [1.54, 1.807) is 6.08 Å². The summed E-state index contributed by atoms with van der Waals surface area (Å²) in [6.45, 7) is 4.80. The van der Waals surface area contributed by atoms with Crippen LogP contribution in [0.25, 0.3) is 0 Å². The van der Waals surface area contributed by atoms with Crippen molar-refractivity contribution >= 4 is 0 Å². The van der Waals surface area contributed by atoms with E-state index in [1.807, 2.05) is 12.1 Å². The molecule has 0 aromatic rings. The topological polar surface area (TPSA) is 36.3 Å². The van der Waals surface area contributed by atoms with E-state index in [4.69, 9.17) is 10.00 Å². The molecule has 3 heteroatoms. The van der Waals surface area contributed by atoms with Gasteiger partial charge >= 0.3 is 0 Å². The average molecular weight is 166 g/mol. The maximum atomic E-state index is 8.23. The third-order valence-corrected chi connectivity index (χ3v) is 1.91. The Morgan fingerprint density at radius 3 is 2.83 bits per heavy atom. The van der Waals surface area contributed by atoms with Crippen LogP contribution in [0.3, 0.4) is 0 Å². The molecule has 12 heavy (non-hydrogen) atoms. The minimum atomic E-state index is 0.849. The second kappa shape index (κ2) is 5.76. The molecule has 0 unspecified atom stereocenters. The van der Waals surface area contributed by atoms with E-state index in [0.717, 1.165) is 39.3 Å². The lowest BCUT2D eigenvalue weighted by atomic mass is 10.3. The number of allylic oxidation sites excluding steroid dienone is 1. The summed E-state index contributed by atoms with van der Waals surface area (Å²) in [5, 5.41) is 8.23. The van der Waals surface area contributed by atoms with Crippen molar-refractivity contribution in [3.05, 3.63) is 12.2 Å². The first-order valence-corrected chi connectivity index (χ1v) is 4.28. The lowest BCUT2D eigenvalue weighted by Crippen LogP contribution is -2.36. The first-order chi connectivity index (χ1) is 5.93. The lowest BCUT2D eigenvalue weighted by Gasteiger charge is -2.25. The van der Waals surface area contributed by atoms with Crippen LogP contribution in [-0.2, 0) is 4.74 Å². The van der Waals surface area contributed by atoms with Crippen LogP contribution in [0.15, 0.2) is 12.2 Å². The smallest absolute Gasteiger partial charge is 0.0908 e. The average Bonchev–Trinajstić information content (AvgIpc) is 2.14. The van der Waals surface area contributed by atoms with Crippen LogP contribution in [0.5, 0.6) is 0 Å². The Balaban J connectivity index is 2.06. The number of hydrogen-bond acceptors (Lipinski definition) is 3. The summed E-state index contributed by atoms with van der Waals surface area (Å²) < 4.78 is 5.22. The van der Waals surface area contributed by atoms with Gasteiger partial charge in [-0.15, -0.1) is 0 Å². The zero-order valence-electron chi connectivity index (χ0n) is 7.20. The van der Waals surface area contributed by atoms with Gasteiger partial charge in [0, 0.05) is 25.7 Å². The molecule has 0 aromatic heterocycles. The van der Waals surface area contributed by atoms with Gasteiger partial charge in [0.05, 0.1) is 19.3 Å². The molecule has 1 aliphatic heterocycles. The Kier molecular flexibility index (Phi) is 4.43. The van der Waals surface area contributed by atoms with E-state index in [2.05, 4.69) is 4.90 Å². The zero-order valence-corrected chi connectivity index (χ0v) is 7.20. The minimum Gasteiger partial charge on any atom is -0.379 e. The second-order valence-corrected chi connectivity index (χ2v) is 2.77. The van der Waals surface area contributed by atoms with Gasteiger partial charge < -0.3 is 4.74 Å². The van der Waals surface area contributed by atoms with Crippen LogP contribution in [0.2, 0.25) is 0 Å². The fourth-order valence-corrected chi connectivity index (χ4v) is 1.22. The molecule has 1 fully saturated rings. The van der Waals surface area contributed by atoms with Crippen molar-refractivity contribution in [1.29, 1.82) is 5.26 Å². The highest BCUT2D eigenvalue weighted by atomic mass is 16.5. The van der Waals surface area contributed by atoms with Gasteiger partial charge in [0.25, 0.3) is 0 Å². The van der Waals surface area contributed by atoms with Crippen LogP contribution in [0.1, 0.15) is 6.42 Å². The summed E-state index contributed by atoms with van der Waals surface area (Å²) in [6, 6.07) is 1.98. The zero-order chi connectivity index (χ0) is 8.65. The minimum absolute atomic E-state index is 0.849. The molecular formula is C9H14N2O. The highest BCUT2D eigenvalue weighted by Crippen LogP contribution is 1.97. The van der Waals surface area contributed by atoms with Crippen molar-refractivity contribution in [2.24, 2.45) is 0 Å². The number of hydrogen-bond donors (Lipinski definition) is 0. The Morgan fingerprint density at radius 2 is 2.17 bits per heavy atom. The third-order valence-electron chi connectivity index (χ3n) is 1.91. The maximum Gasteiger partial charge on any atom is 0.0908 e. The van der Waals surface area contributed by atoms with Crippen molar-refractivity contribution in [2.45, 2.75) is 6.42 Å². The fraction of sp³-hybridized carbons (Fsp3) is 0.667. The molecule has 0 atom stereocenters. The summed E-state index contributed by atoms with van der Waals surface area (Å²) >= 11 is 0. The first-order valence-electron chi connectivity index (χ1n) is 4.28. The number of nitrogens with zero attached hydrogens (tertiary/aromatic N) is 2. The molecule has 1 rings (SSSR count). The van der Waals surface area contributed by atoms with Gasteiger partial charge in [-0.3, -0.25) is 4.90 Å². The Hall–Kier alpha value is -0.850. The van der Waals surface area contributed by atoms with Crippen LogP contribution in [-0.4, -0.2) is 37.7 Å². The van der Waals surface area contributed by atoms with Crippen LogP contribution in [0.4, 0.5) is 0 Å². The van der Waals surface area contributed by atoms with Crippen LogP contribution in [0, 0.1) is 11.3 Å². The number of nitriles is 1. The third kappa shape index (κ3) is 3.51. The molecule has 0 aromatic carbocycles. The molecule has 0 bridgehead atoms. The summed E-state index contributed by atoms with van der Waals surface area (Å²) in [5.41, 5.74) is 0. The van der Waals surface area contributed by atoms with E-state index in [0.29, 0.717) is 0 Å². The molecule has 66 valence electrons. The van der Waals surface area contributed by atoms with Gasteiger partial charge in [-0.05, 0) is 6.42 Å². The number of morpholine rings is 1. The molecule has 1 aliphatic rings.